The average molecular weight is 198 g/mol. The molecule has 0 atom stereocenters. The molecule has 0 spiro atoms. The third-order valence-corrected chi connectivity index (χ3v) is 2.83. The first-order chi connectivity index (χ1) is 6.90. The Kier molecular flexibility index (Phi) is 2.62. The molecule has 0 aliphatic rings. The molecule has 2 heteroatoms. The van der Waals surface area contributed by atoms with Gasteiger partial charge >= 0.3 is 0 Å². The van der Waals surface area contributed by atoms with Gasteiger partial charge in [-0.15, -0.1) is 11.3 Å². The van der Waals surface area contributed by atoms with Crippen LogP contribution in [0.4, 0.5) is 0 Å². The highest BCUT2D eigenvalue weighted by molar-refractivity contribution is 7.16. The third kappa shape index (κ3) is 1.84. The Hall–Kier alpha value is -1.59. The zero-order valence-corrected chi connectivity index (χ0v) is 8.34. The van der Waals surface area contributed by atoms with Gasteiger partial charge in [0, 0.05) is 24.2 Å². The van der Waals surface area contributed by atoms with Gasteiger partial charge in [0.05, 0.1) is 4.88 Å². The quantitative estimate of drug-likeness (QED) is 0.642. The summed E-state index contributed by atoms with van der Waals surface area (Å²) in [7, 11) is 0. The van der Waals surface area contributed by atoms with Gasteiger partial charge in [0.2, 0.25) is 0 Å². The van der Waals surface area contributed by atoms with Gasteiger partial charge in [-0.05, 0) is 29.8 Å². The first-order valence-electron chi connectivity index (χ1n) is 4.18. The number of thiophene rings is 1. The van der Waals surface area contributed by atoms with E-state index in [2.05, 4.69) is 29.8 Å². The number of nitrogens with zero attached hydrogens (tertiary/aromatic N) is 1. The molecule has 14 heavy (non-hydrogen) atoms. The molecule has 2 heterocycles. The van der Waals surface area contributed by atoms with Crippen LogP contribution in [0.2, 0.25) is 0 Å². The Morgan fingerprint density at radius 2 is 1.93 bits per heavy atom. The van der Waals surface area contributed by atoms with Crippen LogP contribution in [0.1, 0.15) is 4.88 Å². The highest BCUT2D eigenvalue weighted by atomic mass is 32.1. The van der Waals surface area contributed by atoms with Gasteiger partial charge in [-0.25, -0.2) is 0 Å². The second-order valence-electron chi connectivity index (χ2n) is 2.70. The lowest BCUT2D eigenvalue weighted by Gasteiger charge is -1.93. The van der Waals surface area contributed by atoms with Gasteiger partial charge in [-0.3, -0.25) is 4.98 Å². The average Bonchev–Trinajstić information content (AvgIpc) is 2.68. The molecule has 2 rings (SSSR count). The van der Waals surface area contributed by atoms with Crippen LogP contribution in [0.25, 0.3) is 10.4 Å². The predicted octanol–water partition coefficient (Wildman–Crippen LogP) is 3.00. The highest BCUT2D eigenvalue weighted by Gasteiger charge is 1.99. The topological polar surface area (TPSA) is 12.9 Å². The van der Waals surface area contributed by atoms with Crippen LogP contribution < -0.4 is 0 Å². The van der Waals surface area contributed by atoms with Crippen molar-refractivity contribution < 1.29 is 0 Å². The Labute approximate surface area is 87.4 Å². The zero-order valence-electron chi connectivity index (χ0n) is 7.53. The largest absolute Gasteiger partial charge is 0.265 e. The molecule has 2 aromatic heterocycles. The van der Waals surface area contributed by atoms with E-state index in [0.717, 1.165) is 4.88 Å². The first-order valence-corrected chi connectivity index (χ1v) is 5.00. The van der Waals surface area contributed by atoms with E-state index in [1.54, 1.807) is 23.7 Å². The smallest absolute Gasteiger partial charge is 0.0775 e. The molecule has 2 aromatic rings. The summed E-state index contributed by atoms with van der Waals surface area (Å²) in [5, 5.41) is 0. The summed E-state index contributed by atoms with van der Waals surface area (Å²) in [4.78, 5) is 6.24. The normalized spacial score (nSPS) is 9.21. The molecule has 0 amide bonds. The van der Waals surface area contributed by atoms with Gasteiger partial charge < -0.3 is 0 Å². The van der Waals surface area contributed by atoms with Crippen molar-refractivity contribution in [3.8, 4) is 22.3 Å². The molecule has 0 aliphatic heterocycles. The molecule has 0 bridgehead atoms. The molecule has 67 valence electrons. The summed E-state index contributed by atoms with van der Waals surface area (Å²) in [6.45, 7) is 3.50. The number of hydrogen-bond acceptors (Lipinski definition) is 2. The van der Waals surface area contributed by atoms with Crippen molar-refractivity contribution in [3.63, 3.8) is 0 Å². The van der Waals surface area contributed by atoms with E-state index in [0.29, 0.717) is 0 Å². The maximum Gasteiger partial charge on any atom is 0.0775 e. The molecule has 1 nitrogen and oxygen atoms in total. The Balaban J connectivity index is 2.37. The van der Waals surface area contributed by atoms with Crippen LogP contribution in [-0.4, -0.2) is 4.98 Å². The molecule has 0 N–H and O–H groups in total. The summed E-state index contributed by atoms with van der Waals surface area (Å²) in [5.74, 6) is 5.59. The summed E-state index contributed by atoms with van der Waals surface area (Å²) in [6.07, 6.45) is 3.59. The minimum atomic E-state index is 1.05. The number of rotatable bonds is 1. The van der Waals surface area contributed by atoms with E-state index in [9.17, 15) is 0 Å². The van der Waals surface area contributed by atoms with Crippen LogP contribution >= 0.6 is 11.3 Å². The van der Waals surface area contributed by atoms with Crippen molar-refractivity contribution in [2.45, 2.75) is 0 Å². The molecule has 0 saturated heterocycles. The van der Waals surface area contributed by atoms with Crippen molar-refractivity contribution in [2.75, 3.05) is 0 Å². The van der Waals surface area contributed by atoms with Gasteiger partial charge in [0.25, 0.3) is 0 Å². The second-order valence-corrected chi connectivity index (χ2v) is 3.79. The predicted molar refractivity (Wildman–Crippen MR) is 59.8 cm³/mol. The van der Waals surface area contributed by atoms with Crippen molar-refractivity contribution in [3.05, 3.63) is 48.5 Å². The van der Waals surface area contributed by atoms with Crippen LogP contribution in [0.5, 0.6) is 0 Å². The van der Waals surface area contributed by atoms with E-state index in [1.807, 2.05) is 18.2 Å². The molecule has 0 fully saturated rings. The monoisotopic (exact) mass is 198 g/mol. The first kappa shape index (κ1) is 8.98. The maximum absolute atomic E-state index is 3.98. The van der Waals surface area contributed by atoms with E-state index in [4.69, 9.17) is 0 Å². The molecule has 0 unspecified atom stereocenters. The summed E-state index contributed by atoms with van der Waals surface area (Å²) < 4.78 is 0. The van der Waals surface area contributed by atoms with Crippen LogP contribution in [0.15, 0.2) is 36.7 Å². The fourth-order valence-electron chi connectivity index (χ4n) is 1.16. The molecule has 0 aromatic carbocycles. The lowest BCUT2D eigenvalue weighted by atomic mass is 10.2. The van der Waals surface area contributed by atoms with Crippen molar-refractivity contribution >= 4 is 11.3 Å². The SMILES string of the molecule is [CH2]C#Cc1ccc(-c2ccncc2)s1. The van der Waals surface area contributed by atoms with E-state index in [1.165, 1.54) is 10.4 Å². The Bertz CT molecular complexity index is 474. The molecular weight excluding hydrogens is 190 g/mol. The van der Waals surface area contributed by atoms with Crippen molar-refractivity contribution in [1.29, 1.82) is 0 Å². The molecule has 1 radical (unpaired) electrons. The van der Waals surface area contributed by atoms with Gasteiger partial charge in [-0.1, -0.05) is 11.8 Å². The Morgan fingerprint density at radius 3 is 2.64 bits per heavy atom. The summed E-state index contributed by atoms with van der Waals surface area (Å²) in [5.41, 5.74) is 1.18. The summed E-state index contributed by atoms with van der Waals surface area (Å²) in [6, 6.07) is 8.07. The van der Waals surface area contributed by atoms with Crippen LogP contribution in [0.3, 0.4) is 0 Å². The Morgan fingerprint density at radius 1 is 1.14 bits per heavy atom. The van der Waals surface area contributed by atoms with E-state index in [-0.39, 0.29) is 0 Å². The minimum absolute atomic E-state index is 1.05. The number of hydrogen-bond donors (Lipinski definition) is 0. The highest BCUT2D eigenvalue weighted by Crippen LogP contribution is 2.26. The van der Waals surface area contributed by atoms with Gasteiger partial charge in [0.15, 0.2) is 0 Å². The van der Waals surface area contributed by atoms with Crippen LogP contribution in [-0.2, 0) is 0 Å². The molecular formula is C12H8NS. The molecule has 0 saturated carbocycles. The van der Waals surface area contributed by atoms with E-state index < -0.39 is 0 Å². The lowest BCUT2D eigenvalue weighted by molar-refractivity contribution is 1.33. The lowest BCUT2D eigenvalue weighted by Crippen LogP contribution is -1.71. The van der Waals surface area contributed by atoms with Gasteiger partial charge in [-0.2, -0.15) is 0 Å². The number of pyridine rings is 1. The third-order valence-electron chi connectivity index (χ3n) is 1.78. The fourth-order valence-corrected chi connectivity index (χ4v) is 2.05. The molecule has 0 aliphatic carbocycles. The van der Waals surface area contributed by atoms with E-state index >= 15 is 0 Å². The van der Waals surface area contributed by atoms with Crippen LogP contribution in [0, 0.1) is 18.8 Å². The second kappa shape index (κ2) is 4.08. The zero-order chi connectivity index (χ0) is 9.80. The minimum Gasteiger partial charge on any atom is -0.265 e. The summed E-state index contributed by atoms with van der Waals surface area (Å²) >= 11 is 1.67. The van der Waals surface area contributed by atoms with Gasteiger partial charge in [0.1, 0.15) is 0 Å². The van der Waals surface area contributed by atoms with Crippen molar-refractivity contribution in [2.24, 2.45) is 0 Å². The fraction of sp³-hybridized carbons (Fsp3) is 0. The van der Waals surface area contributed by atoms with Crippen molar-refractivity contribution in [1.82, 2.24) is 4.98 Å². The number of aromatic nitrogens is 1. The standard InChI is InChI=1S/C12H8NS/c1-2-3-11-4-5-12(14-11)10-6-8-13-9-7-10/h4-9H,1H2. The maximum atomic E-state index is 3.98.